The first kappa shape index (κ1) is 15.7. The minimum atomic E-state index is -3.79. The van der Waals surface area contributed by atoms with Gasteiger partial charge in [-0.15, -0.1) is 0 Å². The molecule has 0 aliphatic rings. The van der Waals surface area contributed by atoms with E-state index in [4.69, 9.17) is 16.7 Å². The van der Waals surface area contributed by atoms with Crippen molar-refractivity contribution in [2.45, 2.75) is 6.10 Å². The van der Waals surface area contributed by atoms with E-state index in [0.29, 0.717) is 10.6 Å². The van der Waals surface area contributed by atoms with Crippen LogP contribution in [-0.4, -0.2) is 20.1 Å². The van der Waals surface area contributed by atoms with Crippen LogP contribution in [-0.2, 0) is 10.2 Å². The van der Waals surface area contributed by atoms with Crippen LogP contribution < -0.4 is 9.86 Å². The average Bonchev–Trinajstić information content (AvgIpc) is 2.14. The molecule has 0 heterocycles. The van der Waals surface area contributed by atoms with Gasteiger partial charge in [-0.1, -0.05) is 29.8 Å². The fourth-order valence-electron chi connectivity index (χ4n) is 1.05. The molecule has 5 nitrogen and oxygen atoms in total. The van der Waals surface area contributed by atoms with Crippen LogP contribution in [0.5, 0.6) is 0 Å². The molecule has 1 aromatic carbocycles. The summed E-state index contributed by atoms with van der Waals surface area (Å²) >= 11 is 5.80. The van der Waals surface area contributed by atoms with Crippen molar-refractivity contribution >= 4 is 35.3 Å². The first-order valence-electron chi connectivity index (χ1n) is 4.10. The zero-order valence-electron chi connectivity index (χ0n) is 8.22. The number of aliphatic hydroxyl groups is 1. The number of benzene rings is 1. The van der Waals surface area contributed by atoms with Gasteiger partial charge in [0.1, 0.15) is 0 Å². The van der Waals surface area contributed by atoms with Crippen LogP contribution in [0.2, 0.25) is 5.02 Å². The van der Waals surface area contributed by atoms with E-state index in [0.717, 1.165) is 0 Å². The molecular weight excluding hydrogens is 272 g/mol. The van der Waals surface area contributed by atoms with E-state index in [2.05, 4.69) is 0 Å². The minimum Gasteiger partial charge on any atom is -0.387 e. The molecule has 92 valence electrons. The number of hydrogen-bond acceptors (Lipinski definition) is 3. The summed E-state index contributed by atoms with van der Waals surface area (Å²) in [4.78, 5) is 0. The highest BCUT2D eigenvalue weighted by atomic mass is 35.5. The van der Waals surface area contributed by atoms with E-state index >= 15 is 0 Å². The first-order chi connectivity index (χ1) is 6.90. The molecule has 0 saturated heterocycles. The van der Waals surface area contributed by atoms with Gasteiger partial charge in [0.2, 0.25) is 0 Å². The molecule has 0 aliphatic carbocycles. The van der Waals surface area contributed by atoms with Gasteiger partial charge in [0, 0.05) is 17.1 Å². The lowest BCUT2D eigenvalue weighted by atomic mass is 10.1. The van der Waals surface area contributed by atoms with Crippen molar-refractivity contribution < 1.29 is 13.5 Å². The van der Waals surface area contributed by atoms with Crippen molar-refractivity contribution in [3.05, 3.63) is 34.9 Å². The van der Waals surface area contributed by atoms with E-state index in [-0.39, 0.29) is 20.0 Å². The van der Waals surface area contributed by atoms with Gasteiger partial charge in [0.15, 0.2) is 0 Å². The molecule has 8 heteroatoms. The van der Waals surface area contributed by atoms with Crippen LogP contribution >= 0.6 is 25.1 Å². The van der Waals surface area contributed by atoms with Crippen molar-refractivity contribution in [1.82, 2.24) is 4.72 Å². The Bertz CT molecular complexity index is 439. The predicted molar refractivity (Wildman–Crippen MR) is 67.9 cm³/mol. The maximum absolute atomic E-state index is 10.6. The van der Waals surface area contributed by atoms with Crippen LogP contribution in [0.3, 0.4) is 0 Å². The SMILES string of the molecule is NS(=O)(=O)NC[C@@H](O)c1ccccc1Cl.S. The summed E-state index contributed by atoms with van der Waals surface area (Å²) in [7, 11) is -3.79. The second-order valence-electron chi connectivity index (χ2n) is 2.93. The maximum Gasteiger partial charge on any atom is 0.274 e. The van der Waals surface area contributed by atoms with Gasteiger partial charge in [-0.2, -0.15) is 26.6 Å². The van der Waals surface area contributed by atoms with E-state index in [1.165, 1.54) is 0 Å². The van der Waals surface area contributed by atoms with Gasteiger partial charge in [0.25, 0.3) is 10.2 Å². The quantitative estimate of drug-likeness (QED) is 0.741. The molecule has 0 amide bonds. The van der Waals surface area contributed by atoms with Crippen LogP contribution in [0.1, 0.15) is 11.7 Å². The van der Waals surface area contributed by atoms with Gasteiger partial charge in [-0.05, 0) is 6.07 Å². The standard InChI is InChI=1S/C8H11ClN2O3S.H2S/c9-7-4-2-1-3-6(7)8(12)5-11-15(10,13)14;/h1-4,8,11-12H,5H2,(H2,10,13,14);1H2/t8-;/m1./s1. The molecule has 0 saturated carbocycles. The molecule has 0 spiro atoms. The highest BCUT2D eigenvalue weighted by Crippen LogP contribution is 2.21. The summed E-state index contributed by atoms with van der Waals surface area (Å²) in [6, 6.07) is 6.63. The lowest BCUT2D eigenvalue weighted by Crippen LogP contribution is -2.34. The average molecular weight is 285 g/mol. The third-order valence-electron chi connectivity index (χ3n) is 1.74. The molecule has 0 radical (unpaired) electrons. The lowest BCUT2D eigenvalue weighted by Gasteiger charge is -2.12. The normalized spacial score (nSPS) is 12.9. The largest absolute Gasteiger partial charge is 0.387 e. The molecule has 4 N–H and O–H groups in total. The second kappa shape index (κ2) is 6.43. The maximum atomic E-state index is 10.6. The number of halogens is 1. The summed E-state index contributed by atoms with van der Waals surface area (Å²) in [5.41, 5.74) is 0.454. The molecule has 0 fully saturated rings. The molecule has 0 unspecified atom stereocenters. The lowest BCUT2D eigenvalue weighted by molar-refractivity contribution is 0.182. The predicted octanol–water partition coefficient (Wildman–Crippen LogP) is 0.279. The van der Waals surface area contributed by atoms with Crippen molar-refractivity contribution in [3.63, 3.8) is 0 Å². The Balaban J connectivity index is 0.00000225. The highest BCUT2D eigenvalue weighted by Gasteiger charge is 2.12. The molecule has 1 atom stereocenters. The smallest absolute Gasteiger partial charge is 0.274 e. The molecule has 16 heavy (non-hydrogen) atoms. The summed E-state index contributed by atoms with van der Waals surface area (Å²) in [6.07, 6.45) is -1.02. The fraction of sp³-hybridized carbons (Fsp3) is 0.250. The third kappa shape index (κ3) is 5.15. The zero-order chi connectivity index (χ0) is 11.5. The van der Waals surface area contributed by atoms with Crippen molar-refractivity contribution in [2.75, 3.05) is 6.54 Å². The topological polar surface area (TPSA) is 92.4 Å². The third-order valence-corrected chi connectivity index (χ3v) is 2.66. The molecule has 0 aliphatic heterocycles. The number of nitrogens with one attached hydrogen (secondary N) is 1. The van der Waals surface area contributed by atoms with Crippen molar-refractivity contribution in [1.29, 1.82) is 0 Å². The first-order valence-corrected chi connectivity index (χ1v) is 6.02. The number of rotatable bonds is 4. The molecule has 1 aromatic rings. The summed E-state index contributed by atoms with van der Waals surface area (Å²) in [5.74, 6) is 0. The van der Waals surface area contributed by atoms with Gasteiger partial charge in [-0.3, -0.25) is 0 Å². The second-order valence-corrected chi connectivity index (χ2v) is 4.72. The molecular formula is C8H13ClN2O3S2. The van der Waals surface area contributed by atoms with Crippen LogP contribution in [0, 0.1) is 0 Å². The zero-order valence-corrected chi connectivity index (χ0v) is 10.8. The Labute approximate surface area is 106 Å². The highest BCUT2D eigenvalue weighted by molar-refractivity contribution is 7.87. The molecule has 1 rings (SSSR count). The monoisotopic (exact) mass is 284 g/mol. The van der Waals surface area contributed by atoms with Crippen LogP contribution in [0.25, 0.3) is 0 Å². The van der Waals surface area contributed by atoms with Crippen molar-refractivity contribution in [2.24, 2.45) is 5.14 Å². The van der Waals surface area contributed by atoms with Gasteiger partial charge >= 0.3 is 0 Å². The van der Waals surface area contributed by atoms with E-state index < -0.39 is 16.3 Å². The summed E-state index contributed by atoms with van der Waals surface area (Å²) in [6.45, 7) is -0.206. The number of nitrogens with two attached hydrogens (primary N) is 1. The molecule has 0 aromatic heterocycles. The van der Waals surface area contributed by atoms with E-state index in [9.17, 15) is 13.5 Å². The van der Waals surface area contributed by atoms with Crippen LogP contribution in [0.15, 0.2) is 24.3 Å². The Morgan fingerprint density at radius 3 is 2.50 bits per heavy atom. The fourth-order valence-corrected chi connectivity index (χ4v) is 1.70. The Kier molecular flexibility index (Phi) is 6.31. The van der Waals surface area contributed by atoms with E-state index in [1.807, 2.05) is 4.72 Å². The van der Waals surface area contributed by atoms with Gasteiger partial charge in [-0.25, -0.2) is 5.14 Å². The Morgan fingerprint density at radius 2 is 2.00 bits per heavy atom. The van der Waals surface area contributed by atoms with Crippen molar-refractivity contribution in [3.8, 4) is 0 Å². The minimum absolute atomic E-state index is 0. The number of aliphatic hydroxyl groups excluding tert-OH is 1. The number of hydrogen-bond donors (Lipinski definition) is 3. The Morgan fingerprint density at radius 1 is 1.44 bits per heavy atom. The van der Waals surface area contributed by atoms with Gasteiger partial charge in [0.05, 0.1) is 6.10 Å². The Hall–Kier alpha value is -0.310. The van der Waals surface area contributed by atoms with Gasteiger partial charge < -0.3 is 5.11 Å². The molecule has 0 bridgehead atoms. The summed E-state index contributed by atoms with van der Waals surface area (Å²) < 4.78 is 23.1. The van der Waals surface area contributed by atoms with E-state index in [1.54, 1.807) is 24.3 Å². The van der Waals surface area contributed by atoms with Crippen LogP contribution in [0.4, 0.5) is 0 Å². The summed E-state index contributed by atoms with van der Waals surface area (Å²) in [5, 5.41) is 14.7.